The molecule has 0 saturated heterocycles. The van der Waals surface area contributed by atoms with Gasteiger partial charge in [0.25, 0.3) is 0 Å². The Balaban J connectivity index is 2.84. The second-order valence-corrected chi connectivity index (χ2v) is 5.43. The van der Waals surface area contributed by atoms with Crippen molar-refractivity contribution in [2.45, 2.75) is 38.8 Å². The summed E-state index contributed by atoms with van der Waals surface area (Å²) in [6, 6.07) is 3.94. The minimum Gasteiger partial charge on any atom is -0.396 e. The topological polar surface area (TPSA) is 32.3 Å². The van der Waals surface area contributed by atoms with E-state index in [9.17, 15) is 0 Å². The molecule has 18 heavy (non-hydrogen) atoms. The molecule has 0 fully saturated rings. The number of nitrogens with one attached hydrogen (secondary N) is 1. The lowest BCUT2D eigenvalue weighted by Crippen LogP contribution is -2.32. The largest absolute Gasteiger partial charge is 0.396 e. The molecule has 1 rings (SSSR count). The first-order valence-corrected chi connectivity index (χ1v) is 7.14. The van der Waals surface area contributed by atoms with E-state index in [1.807, 2.05) is 13.0 Å². The summed E-state index contributed by atoms with van der Waals surface area (Å²) < 4.78 is 0. The standard InChI is InChI=1S/C13H18Cl3NO/c1-3-9(6-7-18)17-8(2)10-4-5-11(14)13(16)12(10)15/h4-5,8-9,17-18H,3,6-7H2,1-2H3. The van der Waals surface area contributed by atoms with Crippen LogP contribution in [0.5, 0.6) is 0 Å². The van der Waals surface area contributed by atoms with Gasteiger partial charge in [0, 0.05) is 18.7 Å². The van der Waals surface area contributed by atoms with Crippen molar-refractivity contribution >= 4 is 34.8 Å². The Kier molecular flexibility index (Phi) is 6.75. The molecule has 0 aliphatic carbocycles. The van der Waals surface area contributed by atoms with Gasteiger partial charge in [-0.05, 0) is 31.4 Å². The monoisotopic (exact) mass is 309 g/mol. The first-order valence-electron chi connectivity index (χ1n) is 6.01. The van der Waals surface area contributed by atoms with E-state index in [1.165, 1.54) is 0 Å². The van der Waals surface area contributed by atoms with Gasteiger partial charge in [0.15, 0.2) is 0 Å². The highest BCUT2D eigenvalue weighted by Crippen LogP contribution is 2.35. The molecule has 1 aromatic carbocycles. The molecule has 0 amide bonds. The number of hydrogen-bond donors (Lipinski definition) is 2. The molecule has 0 aliphatic heterocycles. The van der Waals surface area contributed by atoms with Crippen molar-refractivity contribution in [3.8, 4) is 0 Å². The lowest BCUT2D eigenvalue weighted by molar-refractivity contribution is 0.257. The number of aliphatic hydroxyl groups excluding tert-OH is 1. The first kappa shape index (κ1) is 16.1. The van der Waals surface area contributed by atoms with Crippen LogP contribution >= 0.6 is 34.8 Å². The quantitative estimate of drug-likeness (QED) is 0.760. The molecule has 102 valence electrons. The second kappa shape index (κ2) is 7.56. The van der Waals surface area contributed by atoms with Crippen molar-refractivity contribution in [3.63, 3.8) is 0 Å². The van der Waals surface area contributed by atoms with Crippen LogP contribution in [0.3, 0.4) is 0 Å². The third-order valence-electron chi connectivity index (χ3n) is 2.99. The van der Waals surface area contributed by atoms with E-state index in [1.54, 1.807) is 6.07 Å². The maximum absolute atomic E-state index is 8.98. The van der Waals surface area contributed by atoms with Gasteiger partial charge in [0.05, 0.1) is 15.1 Å². The zero-order valence-electron chi connectivity index (χ0n) is 10.5. The molecule has 0 aromatic heterocycles. The molecule has 0 bridgehead atoms. The lowest BCUT2D eigenvalue weighted by atomic mass is 10.1. The predicted molar refractivity (Wildman–Crippen MR) is 78.8 cm³/mol. The second-order valence-electron chi connectivity index (χ2n) is 4.27. The van der Waals surface area contributed by atoms with Crippen LogP contribution in [0.2, 0.25) is 15.1 Å². The molecule has 0 saturated carbocycles. The van der Waals surface area contributed by atoms with Crippen LogP contribution < -0.4 is 5.32 Å². The van der Waals surface area contributed by atoms with Crippen LogP contribution in [-0.2, 0) is 0 Å². The molecule has 0 radical (unpaired) electrons. The normalized spacial score (nSPS) is 14.6. The van der Waals surface area contributed by atoms with Gasteiger partial charge in [0.1, 0.15) is 0 Å². The van der Waals surface area contributed by atoms with Gasteiger partial charge in [-0.15, -0.1) is 0 Å². The van der Waals surface area contributed by atoms with Crippen molar-refractivity contribution in [1.82, 2.24) is 5.32 Å². The summed E-state index contributed by atoms with van der Waals surface area (Å²) in [5.74, 6) is 0. The Bertz CT molecular complexity index is 398. The molecule has 2 nitrogen and oxygen atoms in total. The van der Waals surface area contributed by atoms with Gasteiger partial charge in [-0.3, -0.25) is 0 Å². The van der Waals surface area contributed by atoms with E-state index in [0.29, 0.717) is 15.1 Å². The Hall–Kier alpha value is 0.01000. The molecular weight excluding hydrogens is 293 g/mol. The average molecular weight is 311 g/mol. The smallest absolute Gasteiger partial charge is 0.0781 e. The fourth-order valence-electron chi connectivity index (χ4n) is 1.88. The van der Waals surface area contributed by atoms with Crippen molar-refractivity contribution in [2.75, 3.05) is 6.61 Å². The van der Waals surface area contributed by atoms with Gasteiger partial charge in [-0.25, -0.2) is 0 Å². The Morgan fingerprint density at radius 3 is 2.44 bits per heavy atom. The van der Waals surface area contributed by atoms with E-state index in [2.05, 4.69) is 12.2 Å². The highest BCUT2D eigenvalue weighted by Gasteiger charge is 2.16. The lowest BCUT2D eigenvalue weighted by Gasteiger charge is -2.23. The van der Waals surface area contributed by atoms with E-state index < -0.39 is 0 Å². The van der Waals surface area contributed by atoms with Gasteiger partial charge in [0.2, 0.25) is 0 Å². The number of aliphatic hydroxyl groups is 1. The minimum atomic E-state index is 0.0590. The fourth-order valence-corrected chi connectivity index (χ4v) is 2.59. The maximum atomic E-state index is 8.98. The van der Waals surface area contributed by atoms with Crippen molar-refractivity contribution < 1.29 is 5.11 Å². The van der Waals surface area contributed by atoms with E-state index in [0.717, 1.165) is 18.4 Å². The molecule has 5 heteroatoms. The van der Waals surface area contributed by atoms with Gasteiger partial charge in [-0.2, -0.15) is 0 Å². The van der Waals surface area contributed by atoms with Crippen molar-refractivity contribution in [1.29, 1.82) is 0 Å². The number of halogens is 3. The SMILES string of the molecule is CCC(CCO)NC(C)c1ccc(Cl)c(Cl)c1Cl. The summed E-state index contributed by atoms with van der Waals surface area (Å²) in [4.78, 5) is 0. The molecule has 2 unspecified atom stereocenters. The molecule has 1 aromatic rings. The first-order chi connectivity index (χ1) is 8.51. The summed E-state index contributed by atoms with van der Waals surface area (Å²) in [5.41, 5.74) is 0.919. The zero-order chi connectivity index (χ0) is 13.7. The van der Waals surface area contributed by atoms with E-state index in [4.69, 9.17) is 39.9 Å². The summed E-state index contributed by atoms with van der Waals surface area (Å²) in [7, 11) is 0. The summed E-state index contributed by atoms with van der Waals surface area (Å²) in [6.07, 6.45) is 1.67. The Labute approximate surface area is 123 Å². The fraction of sp³-hybridized carbons (Fsp3) is 0.538. The summed E-state index contributed by atoms with van der Waals surface area (Å²) in [5, 5.41) is 13.7. The van der Waals surface area contributed by atoms with Crippen molar-refractivity contribution in [3.05, 3.63) is 32.8 Å². The van der Waals surface area contributed by atoms with Crippen LogP contribution in [-0.4, -0.2) is 17.8 Å². The summed E-state index contributed by atoms with van der Waals surface area (Å²) in [6.45, 7) is 4.27. The van der Waals surface area contributed by atoms with Crippen LogP contribution in [0.1, 0.15) is 38.3 Å². The number of hydrogen-bond acceptors (Lipinski definition) is 2. The highest BCUT2D eigenvalue weighted by molar-refractivity contribution is 6.48. The van der Waals surface area contributed by atoms with E-state index in [-0.39, 0.29) is 18.7 Å². The third kappa shape index (κ3) is 4.01. The number of rotatable bonds is 6. The van der Waals surface area contributed by atoms with Crippen LogP contribution in [0.25, 0.3) is 0 Å². The maximum Gasteiger partial charge on any atom is 0.0781 e. The zero-order valence-corrected chi connectivity index (χ0v) is 12.8. The highest BCUT2D eigenvalue weighted by atomic mass is 35.5. The van der Waals surface area contributed by atoms with Gasteiger partial charge < -0.3 is 10.4 Å². The average Bonchev–Trinajstić information content (AvgIpc) is 2.35. The molecule has 0 aliphatic rings. The molecule has 2 atom stereocenters. The Morgan fingerprint density at radius 2 is 1.89 bits per heavy atom. The number of benzene rings is 1. The minimum absolute atomic E-state index is 0.0590. The molecule has 2 N–H and O–H groups in total. The molecule has 0 spiro atoms. The van der Waals surface area contributed by atoms with Gasteiger partial charge >= 0.3 is 0 Å². The van der Waals surface area contributed by atoms with Crippen LogP contribution in [0, 0.1) is 0 Å². The van der Waals surface area contributed by atoms with Crippen molar-refractivity contribution in [2.24, 2.45) is 0 Å². The predicted octanol–water partition coefficient (Wildman–Crippen LogP) is 4.46. The van der Waals surface area contributed by atoms with Gasteiger partial charge in [-0.1, -0.05) is 47.8 Å². The third-order valence-corrected chi connectivity index (χ3v) is 4.30. The van der Waals surface area contributed by atoms with Crippen LogP contribution in [0.15, 0.2) is 12.1 Å². The van der Waals surface area contributed by atoms with Crippen LogP contribution in [0.4, 0.5) is 0 Å². The molecule has 0 heterocycles. The Morgan fingerprint density at radius 1 is 1.22 bits per heavy atom. The summed E-state index contributed by atoms with van der Waals surface area (Å²) >= 11 is 18.1. The molecular formula is C13H18Cl3NO. The van der Waals surface area contributed by atoms with E-state index >= 15 is 0 Å².